The molecule has 0 aliphatic carbocycles. The summed E-state index contributed by atoms with van der Waals surface area (Å²) in [6.07, 6.45) is 1.73. The highest BCUT2D eigenvalue weighted by Crippen LogP contribution is 2.23. The van der Waals surface area contributed by atoms with Gasteiger partial charge in [0.2, 0.25) is 5.88 Å². The number of hydrogen-bond acceptors (Lipinski definition) is 6. The normalized spacial score (nSPS) is 10.9. The van der Waals surface area contributed by atoms with E-state index >= 15 is 0 Å². The van der Waals surface area contributed by atoms with Crippen LogP contribution in [-0.4, -0.2) is 29.1 Å². The van der Waals surface area contributed by atoms with Crippen LogP contribution in [0, 0.1) is 13.8 Å². The van der Waals surface area contributed by atoms with E-state index < -0.39 is 0 Å². The molecule has 9 heteroatoms. The fourth-order valence-electron chi connectivity index (χ4n) is 2.78. The van der Waals surface area contributed by atoms with Gasteiger partial charge in [-0.05, 0) is 63.6 Å². The third kappa shape index (κ3) is 7.94. The van der Waals surface area contributed by atoms with Crippen LogP contribution in [-0.2, 0) is 13.1 Å². The zero-order valence-corrected chi connectivity index (χ0v) is 22.0. The predicted molar refractivity (Wildman–Crippen MR) is 141 cm³/mol. The van der Waals surface area contributed by atoms with Crippen LogP contribution in [0.25, 0.3) is 0 Å². The Morgan fingerprint density at radius 1 is 1.06 bits per heavy atom. The van der Waals surface area contributed by atoms with Crippen molar-refractivity contribution in [2.45, 2.75) is 40.8 Å². The van der Waals surface area contributed by atoms with Crippen molar-refractivity contribution in [3.63, 3.8) is 0 Å². The monoisotopic (exact) mass is 567 g/mol. The largest absolute Gasteiger partial charge is 0.494 e. The maximum Gasteiger partial charge on any atom is 0.219 e. The molecular formula is C23H30IN5O2S. The zero-order chi connectivity index (χ0) is 22.1. The second-order valence-corrected chi connectivity index (χ2v) is 8.09. The lowest BCUT2D eigenvalue weighted by molar-refractivity contribution is 0.339. The molecule has 0 spiro atoms. The lowest BCUT2D eigenvalue weighted by atomic mass is 10.2. The number of halogens is 1. The molecule has 2 N–H and O–H groups in total. The summed E-state index contributed by atoms with van der Waals surface area (Å²) >= 11 is 1.71. The fraction of sp³-hybridized carbons (Fsp3) is 0.348. The third-order valence-corrected chi connectivity index (χ3v) is 5.47. The van der Waals surface area contributed by atoms with E-state index in [1.54, 1.807) is 17.5 Å². The number of benzene rings is 1. The number of nitrogens with one attached hydrogen (secondary N) is 2. The molecular weight excluding hydrogens is 537 g/mol. The molecule has 0 atom stereocenters. The average Bonchev–Trinajstić information content (AvgIpc) is 3.09. The van der Waals surface area contributed by atoms with Crippen LogP contribution in [0.4, 0.5) is 0 Å². The number of rotatable bonds is 9. The number of aromatic nitrogens is 2. The predicted octanol–water partition coefficient (Wildman–Crippen LogP) is 5.22. The van der Waals surface area contributed by atoms with Gasteiger partial charge in [-0.3, -0.25) is 0 Å². The summed E-state index contributed by atoms with van der Waals surface area (Å²) in [6, 6.07) is 11.3. The van der Waals surface area contributed by atoms with Gasteiger partial charge in [0.05, 0.1) is 25.4 Å². The minimum Gasteiger partial charge on any atom is -0.494 e. The molecule has 1 aromatic carbocycles. The van der Waals surface area contributed by atoms with E-state index in [0.717, 1.165) is 34.5 Å². The Balaban J connectivity index is 0.00000363. The summed E-state index contributed by atoms with van der Waals surface area (Å²) < 4.78 is 11.3. The number of pyridine rings is 1. The van der Waals surface area contributed by atoms with Gasteiger partial charge in [0.1, 0.15) is 16.5 Å². The van der Waals surface area contributed by atoms with Crippen molar-refractivity contribution in [2.75, 3.05) is 13.2 Å². The summed E-state index contributed by atoms with van der Waals surface area (Å²) in [5.41, 5.74) is 2.09. The molecule has 0 unspecified atom stereocenters. The van der Waals surface area contributed by atoms with Gasteiger partial charge in [0.25, 0.3) is 0 Å². The molecule has 0 fully saturated rings. The van der Waals surface area contributed by atoms with E-state index in [9.17, 15) is 0 Å². The van der Waals surface area contributed by atoms with Crippen LogP contribution in [0.3, 0.4) is 0 Å². The minimum atomic E-state index is 0. The molecule has 0 bridgehead atoms. The van der Waals surface area contributed by atoms with E-state index in [0.29, 0.717) is 31.3 Å². The number of thiazole rings is 1. The summed E-state index contributed by atoms with van der Waals surface area (Å²) in [4.78, 5) is 14.8. The van der Waals surface area contributed by atoms with E-state index in [1.165, 1.54) is 4.88 Å². The van der Waals surface area contributed by atoms with Crippen molar-refractivity contribution >= 4 is 41.3 Å². The molecule has 2 aromatic heterocycles. The van der Waals surface area contributed by atoms with Crippen molar-refractivity contribution in [3.8, 4) is 17.4 Å². The first-order valence-corrected chi connectivity index (χ1v) is 11.2. The molecule has 0 saturated carbocycles. The Hall–Kier alpha value is -2.40. The van der Waals surface area contributed by atoms with Crippen molar-refractivity contribution in [1.29, 1.82) is 0 Å². The maximum absolute atomic E-state index is 5.87. The van der Waals surface area contributed by atoms with E-state index in [1.807, 2.05) is 57.2 Å². The molecule has 0 aliphatic rings. The van der Waals surface area contributed by atoms with Crippen LogP contribution < -0.4 is 20.1 Å². The Morgan fingerprint density at radius 3 is 2.47 bits per heavy atom. The second-order valence-electron chi connectivity index (χ2n) is 6.81. The van der Waals surface area contributed by atoms with Gasteiger partial charge in [-0.1, -0.05) is 0 Å². The highest BCUT2D eigenvalue weighted by atomic mass is 127. The first kappa shape index (κ1) is 25.9. The molecule has 3 aromatic rings. The van der Waals surface area contributed by atoms with Gasteiger partial charge in [-0.15, -0.1) is 35.3 Å². The SMILES string of the molecule is CCNC(=NCc1ccnc(Oc2ccc(OCC)cc2)c1)NCc1nc(C)c(C)s1.I. The summed E-state index contributed by atoms with van der Waals surface area (Å²) in [6.45, 7) is 10.7. The average molecular weight is 567 g/mol. The molecule has 3 rings (SSSR count). The number of hydrogen-bond donors (Lipinski definition) is 2. The zero-order valence-electron chi connectivity index (χ0n) is 18.8. The van der Waals surface area contributed by atoms with Gasteiger partial charge in [-0.25, -0.2) is 15.0 Å². The van der Waals surface area contributed by atoms with Gasteiger partial charge >= 0.3 is 0 Å². The van der Waals surface area contributed by atoms with Gasteiger partial charge in [0, 0.05) is 23.7 Å². The summed E-state index contributed by atoms with van der Waals surface area (Å²) in [5, 5.41) is 7.67. The van der Waals surface area contributed by atoms with Crippen molar-refractivity contribution in [1.82, 2.24) is 20.6 Å². The van der Waals surface area contributed by atoms with E-state index in [4.69, 9.17) is 9.47 Å². The van der Waals surface area contributed by atoms with E-state index in [-0.39, 0.29) is 24.0 Å². The summed E-state index contributed by atoms with van der Waals surface area (Å²) in [7, 11) is 0. The highest BCUT2D eigenvalue weighted by molar-refractivity contribution is 14.0. The van der Waals surface area contributed by atoms with Crippen LogP contribution in [0.1, 0.15) is 35.0 Å². The number of guanidine groups is 1. The van der Waals surface area contributed by atoms with Crippen LogP contribution in [0.15, 0.2) is 47.6 Å². The smallest absolute Gasteiger partial charge is 0.219 e. The second kappa shape index (κ2) is 13.2. The van der Waals surface area contributed by atoms with Crippen molar-refractivity contribution in [2.24, 2.45) is 4.99 Å². The van der Waals surface area contributed by atoms with Crippen LogP contribution >= 0.6 is 35.3 Å². The molecule has 172 valence electrons. The Bertz CT molecular complexity index is 988. The Labute approximate surface area is 210 Å². The van der Waals surface area contributed by atoms with Crippen LogP contribution in [0.5, 0.6) is 17.4 Å². The standard InChI is InChI=1S/C23H29N5O2S.HI/c1-5-24-23(27-15-22-28-16(3)17(4)31-22)26-14-18-11-12-25-21(13-18)30-20-9-7-19(8-10-20)29-6-2;/h7-13H,5-6,14-15H2,1-4H3,(H2,24,26,27);1H. The van der Waals surface area contributed by atoms with Crippen LogP contribution in [0.2, 0.25) is 0 Å². The molecule has 0 saturated heterocycles. The van der Waals surface area contributed by atoms with Gasteiger partial charge in [0.15, 0.2) is 5.96 Å². The molecule has 0 amide bonds. The Morgan fingerprint density at radius 2 is 1.81 bits per heavy atom. The molecule has 0 aliphatic heterocycles. The molecule has 0 radical (unpaired) electrons. The quantitative estimate of drug-likeness (QED) is 0.210. The number of nitrogens with zero attached hydrogens (tertiary/aromatic N) is 3. The lowest BCUT2D eigenvalue weighted by Gasteiger charge is -2.10. The van der Waals surface area contributed by atoms with Crippen molar-refractivity contribution < 1.29 is 9.47 Å². The lowest BCUT2D eigenvalue weighted by Crippen LogP contribution is -2.36. The third-order valence-electron chi connectivity index (χ3n) is 4.40. The minimum absolute atomic E-state index is 0. The molecule has 7 nitrogen and oxygen atoms in total. The topological polar surface area (TPSA) is 80.7 Å². The Kier molecular flexibility index (Phi) is 10.7. The first-order chi connectivity index (χ1) is 15.1. The molecule has 32 heavy (non-hydrogen) atoms. The van der Waals surface area contributed by atoms with Crippen molar-refractivity contribution in [3.05, 3.63) is 63.7 Å². The number of aryl methyl sites for hydroxylation is 2. The van der Waals surface area contributed by atoms with Gasteiger partial charge in [-0.2, -0.15) is 0 Å². The number of ether oxygens (including phenoxy) is 2. The number of aliphatic imine (C=N–C) groups is 1. The highest BCUT2D eigenvalue weighted by Gasteiger charge is 2.06. The fourth-order valence-corrected chi connectivity index (χ4v) is 3.66. The maximum atomic E-state index is 5.87. The first-order valence-electron chi connectivity index (χ1n) is 10.4. The molecule has 2 heterocycles. The van der Waals surface area contributed by atoms with E-state index in [2.05, 4.69) is 32.5 Å². The van der Waals surface area contributed by atoms with Gasteiger partial charge < -0.3 is 20.1 Å². The summed E-state index contributed by atoms with van der Waals surface area (Å²) in [5.74, 6) is 2.81.